The minimum absolute atomic E-state index is 0.0280. The molecule has 0 aliphatic heterocycles. The number of rotatable bonds is 45. The van der Waals surface area contributed by atoms with E-state index >= 15 is 0 Å². The number of hydrogen-bond acceptors (Lipinski definition) is 13. The maximum Gasteiger partial charge on any atom is 0.329 e. The fourth-order valence-corrected chi connectivity index (χ4v) is 9.46. The molecule has 2 N–H and O–H groups in total. The third kappa shape index (κ3) is 40.1. The van der Waals surface area contributed by atoms with Crippen LogP contribution in [0.5, 0.6) is 0 Å². The van der Waals surface area contributed by atoms with Crippen LogP contribution < -0.4 is 10.6 Å². The number of esters is 5. The molecule has 0 bridgehead atoms. The van der Waals surface area contributed by atoms with Gasteiger partial charge in [0.05, 0.1) is 0 Å². The van der Waals surface area contributed by atoms with E-state index < -0.39 is 59.2 Å². The van der Waals surface area contributed by atoms with Crippen LogP contribution in [0.3, 0.4) is 0 Å². The molecule has 0 saturated carbocycles. The van der Waals surface area contributed by atoms with Gasteiger partial charge in [0, 0.05) is 49.8 Å². The minimum atomic E-state index is -1.17. The number of nitrogens with one attached hydrogen (secondary N) is 2. The molecule has 0 aliphatic carbocycles. The maximum absolute atomic E-state index is 13.4. The van der Waals surface area contributed by atoms with E-state index in [0.29, 0.717) is 18.4 Å². The Morgan fingerprint density at radius 2 is 0.974 bits per heavy atom. The summed E-state index contributed by atoms with van der Waals surface area (Å²) in [5, 5.41) is 5.48. The number of thioether (sulfide) groups is 1. The Bertz CT molecular complexity index is 1760. The second kappa shape index (κ2) is 42.8. The van der Waals surface area contributed by atoms with E-state index in [2.05, 4.69) is 24.5 Å². The second-order valence-corrected chi connectivity index (χ2v) is 23.6. The van der Waals surface area contributed by atoms with Crippen molar-refractivity contribution in [3.05, 3.63) is 35.4 Å². The Kier molecular flexibility index (Phi) is 39.4. The summed E-state index contributed by atoms with van der Waals surface area (Å²) in [5.74, 6) is -3.38. The van der Waals surface area contributed by atoms with Crippen LogP contribution in [0.25, 0.3) is 0 Å². The molecule has 0 heterocycles. The summed E-state index contributed by atoms with van der Waals surface area (Å²) in [6.07, 6.45) is 29.8. The molecule has 3 atom stereocenters. The molecule has 0 fully saturated rings. The van der Waals surface area contributed by atoms with Crippen LogP contribution in [-0.4, -0.2) is 89.2 Å². The van der Waals surface area contributed by atoms with Gasteiger partial charge in [-0.3, -0.25) is 28.8 Å². The zero-order chi connectivity index (χ0) is 56.5. The van der Waals surface area contributed by atoms with Gasteiger partial charge in [0.1, 0.15) is 30.0 Å². The van der Waals surface area contributed by atoms with E-state index in [1.165, 1.54) is 141 Å². The Morgan fingerprint density at radius 1 is 0.526 bits per heavy atom. The highest BCUT2D eigenvalue weighted by molar-refractivity contribution is 7.99. The largest absolute Gasteiger partial charge is 0.462 e. The molecule has 76 heavy (non-hydrogen) atoms. The van der Waals surface area contributed by atoms with Crippen molar-refractivity contribution < 1.29 is 57.2 Å². The number of carbonyl (C=O) groups excluding carboxylic acids is 7. The Labute approximate surface area is 463 Å². The molecule has 0 aliphatic rings. The number of unbranched alkanes of at least 4 members (excludes halogenated alkanes) is 24. The molecule has 14 nitrogen and oxygen atoms in total. The SMILES string of the molecule is CCCCCCCCCCCCCCCC(=O)OC[C@H](CSCC(OC(C)=O)C(=O)NCc1ccc(C(=O)N[C@H](CCC(=O)OC(C)(C)C)C(=O)OC(C)(C)C)cc1)OC(=O)CCCCCCCCCCCCCCC. The van der Waals surface area contributed by atoms with E-state index in [9.17, 15) is 33.6 Å². The molecule has 1 aromatic rings. The molecule has 0 spiro atoms. The van der Waals surface area contributed by atoms with Crippen LogP contribution in [-0.2, 0) is 59.0 Å². The van der Waals surface area contributed by atoms with Gasteiger partial charge in [-0.1, -0.05) is 180 Å². The third-order valence-corrected chi connectivity index (χ3v) is 13.8. The lowest BCUT2D eigenvalue weighted by Gasteiger charge is -2.25. The topological polar surface area (TPSA) is 190 Å². The van der Waals surface area contributed by atoms with Gasteiger partial charge in [0.25, 0.3) is 11.8 Å². The first-order chi connectivity index (χ1) is 36.2. The standard InChI is InChI=1S/C61H104N2O12S/c1-10-12-14-16-18-20-22-24-26-28-30-32-34-36-54(65)71-45-51(73-55(66)37-35-33-31-29-27-25-23-21-19-17-15-13-11-2)46-76-47-53(72-48(3)64)58(69)62-44-49-38-40-50(41-39-49)57(68)63-52(59(70)75-61(7,8)9)42-43-56(67)74-60(4,5)6/h38-41,51-53H,10-37,42-47H2,1-9H3,(H,62,69)(H,63,68)/t51-,52-,53?/m1/s1. The zero-order valence-corrected chi connectivity index (χ0v) is 49.7. The molecule has 0 saturated heterocycles. The maximum atomic E-state index is 13.4. The third-order valence-electron chi connectivity index (χ3n) is 12.6. The Balaban J connectivity index is 2.79. The van der Waals surface area contributed by atoms with Gasteiger partial charge < -0.3 is 34.3 Å². The summed E-state index contributed by atoms with van der Waals surface area (Å²) >= 11 is 1.25. The number of hydrogen-bond donors (Lipinski definition) is 2. The molecule has 1 unspecified atom stereocenters. The lowest BCUT2D eigenvalue weighted by atomic mass is 10.0. The van der Waals surface area contributed by atoms with Crippen LogP contribution in [0.2, 0.25) is 0 Å². The monoisotopic (exact) mass is 1090 g/mol. The molecular weight excluding hydrogens is 985 g/mol. The van der Waals surface area contributed by atoms with Crippen molar-refractivity contribution in [2.75, 3.05) is 18.1 Å². The molecular formula is C61H104N2O12S. The van der Waals surface area contributed by atoms with E-state index in [1.807, 2.05) is 0 Å². The molecule has 1 rings (SSSR count). The summed E-state index contributed by atoms with van der Waals surface area (Å²) in [5.41, 5.74) is -0.654. The number of amides is 2. The van der Waals surface area contributed by atoms with Gasteiger partial charge in [-0.2, -0.15) is 11.8 Å². The fraction of sp³-hybridized carbons (Fsp3) is 0.787. The summed E-state index contributed by atoms with van der Waals surface area (Å²) in [6, 6.07) is 5.26. The quantitative estimate of drug-likeness (QED) is 0.0357. The molecule has 436 valence electrons. The normalized spacial score (nSPS) is 12.8. The molecule has 0 aromatic heterocycles. The summed E-state index contributed by atoms with van der Waals surface area (Å²) in [6.45, 7) is 16.0. The van der Waals surface area contributed by atoms with Crippen LogP contribution in [0, 0.1) is 0 Å². The van der Waals surface area contributed by atoms with Crippen molar-refractivity contribution in [3.8, 4) is 0 Å². The fourth-order valence-electron chi connectivity index (χ4n) is 8.46. The highest BCUT2D eigenvalue weighted by atomic mass is 32.2. The average molecular weight is 1090 g/mol. The van der Waals surface area contributed by atoms with Crippen LogP contribution in [0.4, 0.5) is 0 Å². The molecule has 1 aromatic carbocycles. The Morgan fingerprint density at radius 3 is 1.42 bits per heavy atom. The summed E-state index contributed by atoms with van der Waals surface area (Å²) in [7, 11) is 0. The van der Waals surface area contributed by atoms with E-state index in [4.69, 9.17) is 23.7 Å². The average Bonchev–Trinajstić information content (AvgIpc) is 3.35. The van der Waals surface area contributed by atoms with Crippen molar-refractivity contribution in [3.63, 3.8) is 0 Å². The van der Waals surface area contributed by atoms with Gasteiger partial charge in [0.2, 0.25) is 0 Å². The predicted molar refractivity (Wildman–Crippen MR) is 305 cm³/mol. The van der Waals surface area contributed by atoms with Gasteiger partial charge in [0.15, 0.2) is 6.10 Å². The van der Waals surface area contributed by atoms with Gasteiger partial charge in [-0.25, -0.2) is 4.79 Å². The first kappa shape index (κ1) is 69.9. The number of ether oxygens (including phenoxy) is 5. The molecule has 0 radical (unpaired) electrons. The van der Waals surface area contributed by atoms with Crippen molar-refractivity contribution in [1.29, 1.82) is 0 Å². The van der Waals surface area contributed by atoms with Crippen molar-refractivity contribution in [2.45, 2.75) is 291 Å². The van der Waals surface area contributed by atoms with E-state index in [1.54, 1.807) is 65.8 Å². The first-order valence-corrected chi connectivity index (χ1v) is 30.6. The van der Waals surface area contributed by atoms with Crippen molar-refractivity contribution >= 4 is 53.4 Å². The number of carbonyl (C=O) groups is 7. The molecule has 15 heteroatoms. The van der Waals surface area contributed by atoms with Gasteiger partial charge >= 0.3 is 29.8 Å². The highest BCUT2D eigenvalue weighted by Crippen LogP contribution is 2.19. The first-order valence-electron chi connectivity index (χ1n) is 29.4. The summed E-state index contributed by atoms with van der Waals surface area (Å²) < 4.78 is 27.8. The highest BCUT2D eigenvalue weighted by Gasteiger charge is 2.29. The lowest BCUT2D eigenvalue weighted by Crippen LogP contribution is -2.44. The minimum Gasteiger partial charge on any atom is -0.462 e. The van der Waals surface area contributed by atoms with Crippen LogP contribution in [0.1, 0.15) is 271 Å². The van der Waals surface area contributed by atoms with Crippen molar-refractivity contribution in [2.24, 2.45) is 0 Å². The predicted octanol–water partition coefficient (Wildman–Crippen LogP) is 13.9. The second-order valence-electron chi connectivity index (χ2n) is 22.5. The van der Waals surface area contributed by atoms with Gasteiger partial charge in [-0.05, 0) is 78.5 Å². The van der Waals surface area contributed by atoms with E-state index in [-0.39, 0.29) is 61.4 Å². The number of benzene rings is 1. The van der Waals surface area contributed by atoms with Gasteiger partial charge in [-0.15, -0.1) is 0 Å². The van der Waals surface area contributed by atoms with Crippen molar-refractivity contribution in [1.82, 2.24) is 10.6 Å². The zero-order valence-electron chi connectivity index (χ0n) is 48.9. The molecule has 2 amide bonds. The van der Waals surface area contributed by atoms with E-state index in [0.717, 1.165) is 38.5 Å². The smallest absolute Gasteiger partial charge is 0.329 e. The lowest BCUT2D eigenvalue weighted by molar-refractivity contribution is -0.159. The van der Waals surface area contributed by atoms with Crippen LogP contribution >= 0.6 is 11.8 Å². The summed E-state index contributed by atoms with van der Waals surface area (Å²) in [4.78, 5) is 90.3. The Hall–Kier alpha value is -4.14. The van der Waals surface area contributed by atoms with Crippen LogP contribution in [0.15, 0.2) is 24.3 Å².